The number of aromatic nitrogens is 2. The van der Waals surface area contributed by atoms with E-state index in [0.29, 0.717) is 23.0 Å². The topological polar surface area (TPSA) is 136 Å². The van der Waals surface area contributed by atoms with Gasteiger partial charge in [-0.15, -0.1) is 11.3 Å². The number of halogens is 6. The van der Waals surface area contributed by atoms with Crippen molar-refractivity contribution >= 4 is 49.0 Å². The van der Waals surface area contributed by atoms with Crippen LogP contribution in [0.25, 0.3) is 32.1 Å². The number of hydrogen-bond donors (Lipinski definition) is 2. The second-order valence-corrected chi connectivity index (χ2v) is 12.9. The van der Waals surface area contributed by atoms with Gasteiger partial charge in [0.1, 0.15) is 46.2 Å². The van der Waals surface area contributed by atoms with Crippen LogP contribution in [0.5, 0.6) is 11.8 Å². The Morgan fingerprint density at radius 2 is 1.85 bits per heavy atom. The maximum Gasteiger partial charge on any atom is 0.420 e. The summed E-state index contributed by atoms with van der Waals surface area (Å²) in [5.41, 5.74) is 7.64. The Kier molecular flexibility index (Phi) is 14.1. The van der Waals surface area contributed by atoms with Gasteiger partial charge >= 0.3 is 12.2 Å². The molecule has 286 valence electrons. The van der Waals surface area contributed by atoms with E-state index in [1.54, 1.807) is 19.1 Å². The second-order valence-electron chi connectivity index (χ2n) is 11.9. The molecular weight excluding hydrogens is 721 g/mol. The Morgan fingerprint density at radius 1 is 1.19 bits per heavy atom. The van der Waals surface area contributed by atoms with Crippen LogP contribution >= 0.6 is 11.3 Å². The molecule has 2 aromatic heterocycles. The molecule has 4 aromatic rings. The molecule has 0 fully saturated rings. The standard InChI is InChI=1S/C29H23F6N7O2S.C6H14.C2H6/c1-5-6-12(25(37)39-3)11(2)42-7-8-44-23-18-22(40-28(43-4)41-27(18)42)21(32)17(19(23)29(33,34)35)13-9-15(30)20(31)24-16(13)14(10-36)26(38)45-24;1-4-5-6(2)3;1-2/h5-6,9,11H,1,7-8,38H2,2-4H3,(H2,37,39);6H,4-5H2,1-3H3;1-2H3/b12-6-;;/t11-;;/m1../s1. The Hall–Kier alpha value is -5.04. The summed E-state index contributed by atoms with van der Waals surface area (Å²) in [6, 6.07) is 0.966. The number of nitrogen functional groups attached to an aromatic ring is 1. The van der Waals surface area contributed by atoms with Crippen molar-refractivity contribution in [2.24, 2.45) is 16.6 Å². The van der Waals surface area contributed by atoms with Crippen molar-refractivity contribution < 1.29 is 35.8 Å². The Bertz CT molecular complexity index is 2090. The molecule has 2 aromatic carbocycles. The summed E-state index contributed by atoms with van der Waals surface area (Å²) >= 11 is 0.444. The van der Waals surface area contributed by atoms with Crippen molar-refractivity contribution in [2.45, 2.75) is 66.6 Å². The van der Waals surface area contributed by atoms with Crippen LogP contribution in [0, 0.1) is 34.7 Å². The zero-order chi connectivity index (χ0) is 39.9. The van der Waals surface area contributed by atoms with Gasteiger partial charge in [-0.25, -0.2) is 13.2 Å². The molecule has 0 radical (unpaired) electrons. The zero-order valence-electron chi connectivity index (χ0n) is 30.8. The Morgan fingerprint density at radius 3 is 2.36 bits per heavy atom. The first kappa shape index (κ1) is 42.4. The maximum absolute atomic E-state index is 16.8. The van der Waals surface area contributed by atoms with Crippen LogP contribution < -0.4 is 25.8 Å². The number of fused-ring (bicyclic) bond motifs is 1. The van der Waals surface area contributed by atoms with Crippen LogP contribution in [0.1, 0.15) is 65.5 Å². The highest BCUT2D eigenvalue weighted by Gasteiger charge is 2.44. The number of nitriles is 1. The highest BCUT2D eigenvalue weighted by Crippen LogP contribution is 2.53. The lowest BCUT2D eigenvalue weighted by atomic mass is 9.91. The SMILES string of the molecule is C=C/C=C(\C(N)=NC)[C@@H](C)N1CCOc2c(C(F)(F)F)c(-c3cc(F)c(F)c4sc(N)c(C#N)c34)c(F)c3nc(OC)nc1c23.CC.CCCC(C)C. The highest BCUT2D eigenvalue weighted by atomic mass is 32.1. The van der Waals surface area contributed by atoms with E-state index in [1.165, 1.54) is 38.0 Å². The fourth-order valence-electron chi connectivity index (χ4n) is 5.94. The normalized spacial score (nSPS) is 13.7. The maximum atomic E-state index is 16.8. The molecule has 0 unspecified atom stereocenters. The van der Waals surface area contributed by atoms with Gasteiger partial charge in [-0.05, 0) is 24.5 Å². The summed E-state index contributed by atoms with van der Waals surface area (Å²) in [5.74, 6) is -4.64. The third-order valence-electron chi connectivity index (χ3n) is 8.20. The number of nitrogens with two attached hydrogens (primary N) is 2. The van der Waals surface area contributed by atoms with Gasteiger partial charge in [-0.2, -0.15) is 28.4 Å². The minimum Gasteiger partial charge on any atom is -0.490 e. The number of hydrogen-bond acceptors (Lipinski definition) is 9. The monoisotopic (exact) mass is 763 g/mol. The number of ether oxygens (including phenoxy) is 2. The van der Waals surface area contributed by atoms with Crippen molar-refractivity contribution in [1.82, 2.24) is 9.97 Å². The number of benzene rings is 2. The van der Waals surface area contributed by atoms with E-state index in [0.717, 1.165) is 5.92 Å². The third-order valence-corrected chi connectivity index (χ3v) is 9.21. The van der Waals surface area contributed by atoms with Gasteiger partial charge in [0.05, 0.1) is 35.3 Å². The average molecular weight is 764 g/mol. The minimum atomic E-state index is -5.32. The number of anilines is 2. The van der Waals surface area contributed by atoms with Crippen molar-refractivity contribution in [3.63, 3.8) is 0 Å². The zero-order valence-corrected chi connectivity index (χ0v) is 31.6. The molecule has 1 aliphatic heterocycles. The minimum absolute atomic E-state index is 0.0695. The van der Waals surface area contributed by atoms with Crippen LogP contribution in [-0.4, -0.2) is 49.2 Å². The first-order valence-electron chi connectivity index (χ1n) is 16.8. The van der Waals surface area contributed by atoms with Gasteiger partial charge in [0.25, 0.3) is 0 Å². The Labute approximate surface area is 308 Å². The summed E-state index contributed by atoms with van der Waals surface area (Å²) in [4.78, 5) is 13.8. The van der Waals surface area contributed by atoms with Crippen molar-refractivity contribution in [2.75, 3.05) is 37.9 Å². The number of rotatable bonds is 8. The molecule has 1 atom stereocenters. The number of methoxy groups -OCH3 is 1. The molecule has 5 rings (SSSR count). The van der Waals surface area contributed by atoms with Gasteiger partial charge in [0, 0.05) is 23.6 Å². The molecule has 0 bridgehead atoms. The number of alkyl halides is 3. The lowest BCUT2D eigenvalue weighted by Crippen LogP contribution is -2.41. The van der Waals surface area contributed by atoms with Gasteiger partial charge in [0.2, 0.25) is 0 Å². The molecule has 3 heterocycles. The van der Waals surface area contributed by atoms with E-state index in [-0.39, 0.29) is 29.8 Å². The average Bonchev–Trinajstić information content (AvgIpc) is 3.35. The fourth-order valence-corrected chi connectivity index (χ4v) is 6.91. The van der Waals surface area contributed by atoms with Gasteiger partial charge in [0.15, 0.2) is 17.5 Å². The summed E-state index contributed by atoms with van der Waals surface area (Å²) in [6.07, 6.45) is 0.396. The lowest BCUT2D eigenvalue weighted by molar-refractivity contribution is -0.138. The van der Waals surface area contributed by atoms with E-state index >= 15 is 17.6 Å². The molecule has 0 aliphatic carbocycles. The molecule has 1 aliphatic rings. The van der Waals surface area contributed by atoms with Crippen molar-refractivity contribution in [3.05, 3.63) is 58.9 Å². The fraction of sp³-hybridized carbons (Fsp3) is 0.405. The first-order chi connectivity index (χ1) is 25.1. The van der Waals surface area contributed by atoms with Crippen LogP contribution in [0.2, 0.25) is 0 Å². The van der Waals surface area contributed by atoms with Crippen molar-refractivity contribution in [1.29, 1.82) is 5.26 Å². The van der Waals surface area contributed by atoms with Gasteiger partial charge in [-0.1, -0.05) is 66.2 Å². The number of thiophene rings is 1. The summed E-state index contributed by atoms with van der Waals surface area (Å²) in [7, 11) is 2.63. The summed E-state index contributed by atoms with van der Waals surface area (Å²) < 4.78 is 102. The molecule has 0 saturated heterocycles. The number of allylic oxidation sites excluding steroid dienone is 2. The lowest BCUT2D eigenvalue weighted by Gasteiger charge is -2.31. The van der Waals surface area contributed by atoms with E-state index in [4.69, 9.17) is 20.9 Å². The van der Waals surface area contributed by atoms with Crippen LogP contribution in [0.3, 0.4) is 0 Å². The summed E-state index contributed by atoms with van der Waals surface area (Å²) in [6.45, 7) is 15.6. The molecule has 9 nitrogen and oxygen atoms in total. The molecule has 0 spiro atoms. The summed E-state index contributed by atoms with van der Waals surface area (Å²) in [5, 5.41) is 8.49. The van der Waals surface area contributed by atoms with E-state index in [1.807, 2.05) is 13.8 Å². The molecular formula is C37H43F6N7O2S. The second kappa shape index (κ2) is 17.7. The van der Waals surface area contributed by atoms with Crippen LogP contribution in [0.4, 0.5) is 37.2 Å². The first-order valence-corrected chi connectivity index (χ1v) is 17.6. The van der Waals surface area contributed by atoms with Gasteiger partial charge in [-0.3, -0.25) is 4.99 Å². The molecule has 0 saturated carbocycles. The molecule has 0 amide bonds. The van der Waals surface area contributed by atoms with Crippen molar-refractivity contribution in [3.8, 4) is 29.0 Å². The van der Waals surface area contributed by atoms with E-state index in [9.17, 15) is 14.0 Å². The predicted octanol–water partition coefficient (Wildman–Crippen LogP) is 9.57. The largest absolute Gasteiger partial charge is 0.490 e. The quantitative estimate of drug-likeness (QED) is 0.0784. The van der Waals surface area contributed by atoms with E-state index < -0.39 is 84.7 Å². The van der Waals surface area contributed by atoms with Gasteiger partial charge < -0.3 is 25.8 Å². The number of amidine groups is 1. The molecule has 16 heteroatoms. The van der Waals surface area contributed by atoms with E-state index in [2.05, 4.69) is 42.3 Å². The smallest absolute Gasteiger partial charge is 0.420 e. The number of aliphatic imine (C=N–C) groups is 1. The number of nitrogens with zero attached hydrogens (tertiary/aromatic N) is 5. The predicted molar refractivity (Wildman–Crippen MR) is 200 cm³/mol. The van der Waals surface area contributed by atoms with Crippen LogP contribution in [-0.2, 0) is 6.18 Å². The molecule has 4 N–H and O–H groups in total. The van der Waals surface area contributed by atoms with Crippen LogP contribution in [0.15, 0.2) is 35.4 Å². The highest BCUT2D eigenvalue weighted by molar-refractivity contribution is 7.23. The Balaban J connectivity index is 0.000000860. The molecule has 53 heavy (non-hydrogen) atoms. The third kappa shape index (κ3) is 8.30.